The summed E-state index contributed by atoms with van der Waals surface area (Å²) in [5.41, 5.74) is 5.42. The monoisotopic (exact) mass is 290 g/mol. The van der Waals surface area contributed by atoms with Crippen LogP contribution in [0, 0.1) is 0 Å². The zero-order valence-corrected chi connectivity index (χ0v) is 11.3. The summed E-state index contributed by atoms with van der Waals surface area (Å²) in [6.07, 6.45) is -3.27. The lowest BCUT2D eigenvalue weighted by Crippen LogP contribution is -2.33. The lowest BCUT2D eigenvalue weighted by molar-refractivity contribution is -0.274. The van der Waals surface area contributed by atoms with Crippen molar-refractivity contribution in [3.63, 3.8) is 0 Å². The Balaban J connectivity index is 2.84. The van der Waals surface area contributed by atoms with Gasteiger partial charge in [0, 0.05) is 11.6 Å². The summed E-state index contributed by atoms with van der Waals surface area (Å²) in [6, 6.07) is 3.47. The fourth-order valence-corrected chi connectivity index (χ4v) is 1.67. The Kier molecular flexibility index (Phi) is 5.24. The van der Waals surface area contributed by atoms with Crippen molar-refractivity contribution in [2.75, 3.05) is 5.73 Å². The lowest BCUT2D eigenvalue weighted by atomic mass is 10.1. The van der Waals surface area contributed by atoms with Crippen LogP contribution in [0.5, 0.6) is 5.75 Å². The maximum Gasteiger partial charge on any atom is 0.573 e. The molecule has 1 aromatic carbocycles. The van der Waals surface area contributed by atoms with Crippen molar-refractivity contribution in [1.82, 2.24) is 5.32 Å². The molecule has 0 aliphatic heterocycles. The fourth-order valence-electron chi connectivity index (χ4n) is 1.67. The van der Waals surface area contributed by atoms with Crippen LogP contribution in [0.15, 0.2) is 18.2 Å². The summed E-state index contributed by atoms with van der Waals surface area (Å²) in [6.45, 7) is 3.87. The van der Waals surface area contributed by atoms with Gasteiger partial charge in [-0.2, -0.15) is 0 Å². The predicted octanol–water partition coefficient (Wildman–Crippen LogP) is 3.09. The Labute approximate surface area is 115 Å². The average Bonchev–Trinajstić information content (AvgIpc) is 2.36. The van der Waals surface area contributed by atoms with Gasteiger partial charge in [0.25, 0.3) is 5.91 Å². The number of nitrogens with one attached hydrogen (secondary N) is 1. The van der Waals surface area contributed by atoms with E-state index < -0.39 is 12.1 Å². The number of nitrogen functional groups attached to an aromatic ring is 1. The van der Waals surface area contributed by atoms with Gasteiger partial charge in [-0.25, -0.2) is 0 Å². The smallest absolute Gasteiger partial charge is 0.404 e. The minimum atomic E-state index is -4.81. The van der Waals surface area contributed by atoms with E-state index in [-0.39, 0.29) is 23.2 Å². The van der Waals surface area contributed by atoms with E-state index in [2.05, 4.69) is 10.1 Å². The number of carbonyl (C=O) groups is 1. The molecular formula is C13H17F3N2O2. The molecule has 0 unspecified atom stereocenters. The SMILES string of the molecule is CCC(CC)NC(=O)c1ccc(OC(F)(F)F)c(N)c1. The van der Waals surface area contributed by atoms with E-state index >= 15 is 0 Å². The van der Waals surface area contributed by atoms with Crippen LogP contribution in [0.2, 0.25) is 0 Å². The topological polar surface area (TPSA) is 64.3 Å². The zero-order chi connectivity index (χ0) is 15.3. The summed E-state index contributed by atoms with van der Waals surface area (Å²) in [7, 11) is 0. The third kappa shape index (κ3) is 4.64. The molecular weight excluding hydrogens is 273 g/mol. The molecule has 0 atom stereocenters. The van der Waals surface area contributed by atoms with Crippen LogP contribution in [0.1, 0.15) is 37.0 Å². The van der Waals surface area contributed by atoms with Crippen LogP contribution < -0.4 is 15.8 Å². The lowest BCUT2D eigenvalue weighted by Gasteiger charge is -2.16. The molecule has 20 heavy (non-hydrogen) atoms. The van der Waals surface area contributed by atoms with E-state index in [9.17, 15) is 18.0 Å². The highest BCUT2D eigenvalue weighted by Crippen LogP contribution is 2.28. The number of anilines is 1. The first kappa shape index (κ1) is 16.1. The largest absolute Gasteiger partial charge is 0.573 e. The van der Waals surface area contributed by atoms with Gasteiger partial charge in [0.05, 0.1) is 5.69 Å². The van der Waals surface area contributed by atoms with Crippen LogP contribution >= 0.6 is 0 Å². The van der Waals surface area contributed by atoms with Crippen molar-refractivity contribution in [2.45, 2.75) is 39.1 Å². The zero-order valence-electron chi connectivity index (χ0n) is 11.3. The number of amides is 1. The molecule has 0 aliphatic carbocycles. The summed E-state index contributed by atoms with van der Waals surface area (Å²) in [5.74, 6) is -0.888. The Morgan fingerprint density at radius 2 is 1.95 bits per heavy atom. The molecule has 0 aliphatic rings. The number of hydrogen-bond donors (Lipinski definition) is 2. The van der Waals surface area contributed by atoms with Gasteiger partial charge < -0.3 is 15.8 Å². The normalized spacial score (nSPS) is 11.5. The van der Waals surface area contributed by atoms with E-state index in [1.807, 2.05) is 13.8 Å². The predicted molar refractivity (Wildman–Crippen MR) is 69.4 cm³/mol. The fraction of sp³-hybridized carbons (Fsp3) is 0.462. The molecule has 0 bridgehead atoms. The van der Waals surface area contributed by atoms with E-state index in [1.54, 1.807) is 0 Å². The summed E-state index contributed by atoms with van der Waals surface area (Å²) >= 11 is 0. The van der Waals surface area contributed by atoms with Crippen molar-refractivity contribution >= 4 is 11.6 Å². The van der Waals surface area contributed by atoms with Crippen molar-refractivity contribution in [1.29, 1.82) is 0 Å². The van der Waals surface area contributed by atoms with Gasteiger partial charge in [0.15, 0.2) is 5.75 Å². The molecule has 0 saturated carbocycles. The first-order chi connectivity index (χ1) is 9.26. The Morgan fingerprint density at radius 3 is 2.40 bits per heavy atom. The van der Waals surface area contributed by atoms with Gasteiger partial charge in [0.1, 0.15) is 0 Å². The number of halogens is 3. The van der Waals surface area contributed by atoms with E-state index in [1.165, 1.54) is 12.1 Å². The van der Waals surface area contributed by atoms with E-state index in [4.69, 9.17) is 5.73 Å². The van der Waals surface area contributed by atoms with Crippen LogP contribution in [-0.2, 0) is 0 Å². The highest BCUT2D eigenvalue weighted by molar-refractivity contribution is 5.95. The highest BCUT2D eigenvalue weighted by Gasteiger charge is 2.32. The number of carbonyl (C=O) groups excluding carboxylic acids is 1. The van der Waals surface area contributed by atoms with Crippen LogP contribution in [0.25, 0.3) is 0 Å². The maximum atomic E-state index is 12.1. The minimum Gasteiger partial charge on any atom is -0.404 e. The van der Waals surface area contributed by atoms with Gasteiger partial charge in [-0.05, 0) is 31.0 Å². The number of nitrogens with two attached hydrogens (primary N) is 1. The van der Waals surface area contributed by atoms with Crippen LogP contribution in [-0.4, -0.2) is 18.3 Å². The van der Waals surface area contributed by atoms with Crippen molar-refractivity contribution in [2.24, 2.45) is 0 Å². The second kappa shape index (κ2) is 6.49. The molecule has 0 radical (unpaired) electrons. The Morgan fingerprint density at radius 1 is 1.35 bits per heavy atom. The number of rotatable bonds is 5. The average molecular weight is 290 g/mol. The molecule has 0 aromatic heterocycles. The first-order valence-electron chi connectivity index (χ1n) is 6.23. The Hall–Kier alpha value is -1.92. The summed E-state index contributed by atoms with van der Waals surface area (Å²) in [4.78, 5) is 11.9. The molecule has 7 heteroatoms. The Bertz CT molecular complexity index is 471. The van der Waals surface area contributed by atoms with E-state index in [0.29, 0.717) is 0 Å². The van der Waals surface area contributed by atoms with Gasteiger partial charge in [0.2, 0.25) is 0 Å². The first-order valence-corrected chi connectivity index (χ1v) is 6.23. The molecule has 0 spiro atoms. The number of hydrogen-bond acceptors (Lipinski definition) is 3. The molecule has 0 heterocycles. The standard InChI is InChI=1S/C13H17F3N2O2/c1-3-9(4-2)18-12(19)8-5-6-11(10(17)7-8)20-13(14,15)16/h5-7,9H,3-4,17H2,1-2H3,(H,18,19). The van der Waals surface area contributed by atoms with E-state index in [0.717, 1.165) is 18.9 Å². The minimum absolute atomic E-state index is 0.0230. The third-order valence-electron chi connectivity index (χ3n) is 2.82. The molecule has 0 saturated heterocycles. The molecule has 1 rings (SSSR count). The second-order valence-electron chi connectivity index (χ2n) is 4.29. The van der Waals surface area contributed by atoms with Crippen LogP contribution in [0.4, 0.5) is 18.9 Å². The number of ether oxygens (including phenoxy) is 1. The van der Waals surface area contributed by atoms with Gasteiger partial charge >= 0.3 is 6.36 Å². The molecule has 0 fully saturated rings. The molecule has 112 valence electrons. The number of alkyl halides is 3. The van der Waals surface area contributed by atoms with Gasteiger partial charge in [-0.3, -0.25) is 4.79 Å². The molecule has 1 amide bonds. The second-order valence-corrected chi connectivity index (χ2v) is 4.29. The third-order valence-corrected chi connectivity index (χ3v) is 2.82. The van der Waals surface area contributed by atoms with Crippen molar-refractivity contribution in [3.8, 4) is 5.75 Å². The molecule has 1 aromatic rings. The van der Waals surface area contributed by atoms with Gasteiger partial charge in [-0.1, -0.05) is 13.8 Å². The maximum absolute atomic E-state index is 12.1. The molecule has 3 N–H and O–H groups in total. The quantitative estimate of drug-likeness (QED) is 0.819. The van der Waals surface area contributed by atoms with Crippen molar-refractivity contribution in [3.05, 3.63) is 23.8 Å². The summed E-state index contributed by atoms with van der Waals surface area (Å²) in [5, 5.41) is 2.77. The highest BCUT2D eigenvalue weighted by atomic mass is 19.4. The van der Waals surface area contributed by atoms with Crippen LogP contribution in [0.3, 0.4) is 0 Å². The number of benzene rings is 1. The summed E-state index contributed by atoms with van der Waals surface area (Å²) < 4.78 is 40.0. The molecule has 4 nitrogen and oxygen atoms in total. The van der Waals surface area contributed by atoms with Gasteiger partial charge in [-0.15, -0.1) is 13.2 Å². The van der Waals surface area contributed by atoms with Crippen molar-refractivity contribution < 1.29 is 22.7 Å².